The van der Waals surface area contributed by atoms with E-state index in [-0.39, 0.29) is 18.5 Å². The van der Waals surface area contributed by atoms with Crippen LogP contribution in [0.15, 0.2) is 6.33 Å². The highest BCUT2D eigenvalue weighted by molar-refractivity contribution is 5.41. The zero-order valence-corrected chi connectivity index (χ0v) is 9.77. The van der Waals surface area contributed by atoms with Gasteiger partial charge in [-0.3, -0.25) is 0 Å². The summed E-state index contributed by atoms with van der Waals surface area (Å²) in [6.45, 7) is 3.28. The van der Waals surface area contributed by atoms with Gasteiger partial charge in [-0.15, -0.1) is 0 Å². The first kappa shape index (κ1) is 12.2. The zero-order chi connectivity index (χ0) is 12.3. The number of ether oxygens (including phenoxy) is 1. The molecular formula is C11H16FN3O2. The van der Waals surface area contributed by atoms with Crippen molar-refractivity contribution < 1.29 is 14.2 Å². The van der Waals surface area contributed by atoms with Gasteiger partial charge in [0.1, 0.15) is 6.33 Å². The summed E-state index contributed by atoms with van der Waals surface area (Å²) < 4.78 is 19.3. The molecule has 17 heavy (non-hydrogen) atoms. The molecule has 1 fully saturated rings. The van der Waals surface area contributed by atoms with E-state index in [9.17, 15) is 4.39 Å². The molecule has 1 atom stereocenters. The molecule has 5 nitrogen and oxygen atoms in total. The first-order valence-electron chi connectivity index (χ1n) is 5.73. The lowest BCUT2D eigenvalue weighted by molar-refractivity contribution is 0.00317. The van der Waals surface area contributed by atoms with E-state index in [1.165, 1.54) is 6.33 Å². The minimum absolute atomic E-state index is 0.0656. The third kappa shape index (κ3) is 2.53. The molecule has 0 aromatic carbocycles. The fourth-order valence-electron chi connectivity index (χ4n) is 1.88. The number of aliphatic hydroxyl groups excluding tert-OH is 1. The van der Waals surface area contributed by atoms with Crippen molar-refractivity contribution >= 4 is 5.82 Å². The number of rotatable bonds is 3. The van der Waals surface area contributed by atoms with E-state index in [4.69, 9.17) is 9.84 Å². The second-order valence-corrected chi connectivity index (χ2v) is 3.93. The lowest BCUT2D eigenvalue weighted by Gasteiger charge is -2.33. The summed E-state index contributed by atoms with van der Waals surface area (Å²) in [4.78, 5) is 9.67. The van der Waals surface area contributed by atoms with Gasteiger partial charge in [0, 0.05) is 13.1 Å². The van der Waals surface area contributed by atoms with Crippen LogP contribution in [0.4, 0.5) is 10.2 Å². The number of anilines is 1. The van der Waals surface area contributed by atoms with Gasteiger partial charge in [0.05, 0.1) is 25.0 Å². The lowest BCUT2D eigenvalue weighted by Crippen LogP contribution is -2.45. The van der Waals surface area contributed by atoms with E-state index < -0.39 is 0 Å². The molecule has 1 aromatic heterocycles. The number of morpholine rings is 1. The van der Waals surface area contributed by atoms with E-state index in [2.05, 4.69) is 9.97 Å². The topological polar surface area (TPSA) is 58.5 Å². The minimum Gasteiger partial charge on any atom is -0.394 e. The van der Waals surface area contributed by atoms with Crippen LogP contribution in [0.5, 0.6) is 0 Å². The third-order valence-corrected chi connectivity index (χ3v) is 2.82. The SMILES string of the molecule is CCc1ncnc(N2CCOC(CO)C2)c1F. The quantitative estimate of drug-likeness (QED) is 0.829. The molecule has 0 aliphatic carbocycles. The molecule has 1 saturated heterocycles. The number of aliphatic hydroxyl groups is 1. The number of halogens is 1. The monoisotopic (exact) mass is 241 g/mol. The Balaban J connectivity index is 2.21. The van der Waals surface area contributed by atoms with Crippen LogP contribution in [0.2, 0.25) is 0 Å². The highest BCUT2D eigenvalue weighted by Gasteiger charge is 2.24. The summed E-state index contributed by atoms with van der Waals surface area (Å²) >= 11 is 0. The molecule has 0 bridgehead atoms. The zero-order valence-electron chi connectivity index (χ0n) is 9.77. The smallest absolute Gasteiger partial charge is 0.187 e. The van der Waals surface area contributed by atoms with Crippen LogP contribution < -0.4 is 4.90 Å². The average Bonchev–Trinajstić information content (AvgIpc) is 2.39. The third-order valence-electron chi connectivity index (χ3n) is 2.82. The number of nitrogens with zero attached hydrogens (tertiary/aromatic N) is 3. The second kappa shape index (κ2) is 5.37. The molecule has 6 heteroatoms. The summed E-state index contributed by atoms with van der Waals surface area (Å²) in [5, 5.41) is 9.05. The molecule has 2 heterocycles. The van der Waals surface area contributed by atoms with Crippen molar-refractivity contribution in [2.24, 2.45) is 0 Å². The largest absolute Gasteiger partial charge is 0.394 e. The van der Waals surface area contributed by atoms with Gasteiger partial charge in [0.15, 0.2) is 11.6 Å². The first-order chi connectivity index (χ1) is 8.26. The second-order valence-electron chi connectivity index (χ2n) is 3.93. The van der Waals surface area contributed by atoms with Crippen LogP contribution in [0.1, 0.15) is 12.6 Å². The Morgan fingerprint density at radius 1 is 1.59 bits per heavy atom. The summed E-state index contributed by atoms with van der Waals surface area (Å²) in [6, 6.07) is 0. The molecular weight excluding hydrogens is 225 g/mol. The summed E-state index contributed by atoms with van der Waals surface area (Å²) in [6.07, 6.45) is 1.64. The summed E-state index contributed by atoms with van der Waals surface area (Å²) in [7, 11) is 0. The summed E-state index contributed by atoms with van der Waals surface area (Å²) in [5.41, 5.74) is 0.419. The van der Waals surface area contributed by atoms with Gasteiger partial charge in [0.2, 0.25) is 0 Å². The fraction of sp³-hybridized carbons (Fsp3) is 0.636. The van der Waals surface area contributed by atoms with Crippen molar-refractivity contribution in [1.29, 1.82) is 0 Å². The molecule has 0 spiro atoms. The maximum atomic E-state index is 14.0. The molecule has 1 aliphatic heterocycles. The Morgan fingerprint density at radius 2 is 2.41 bits per heavy atom. The molecule has 1 aromatic rings. The predicted octanol–water partition coefficient (Wildman–Crippen LogP) is 0.376. The maximum absolute atomic E-state index is 14.0. The van der Waals surface area contributed by atoms with Crippen molar-refractivity contribution in [1.82, 2.24) is 9.97 Å². The van der Waals surface area contributed by atoms with Gasteiger partial charge in [-0.2, -0.15) is 0 Å². The summed E-state index contributed by atoms with van der Waals surface area (Å²) in [5.74, 6) is -0.0628. The van der Waals surface area contributed by atoms with E-state index >= 15 is 0 Å². The first-order valence-corrected chi connectivity index (χ1v) is 5.73. The van der Waals surface area contributed by atoms with Crippen LogP contribution in [0.3, 0.4) is 0 Å². The number of hydrogen-bond donors (Lipinski definition) is 1. The highest BCUT2D eigenvalue weighted by Crippen LogP contribution is 2.20. The van der Waals surface area contributed by atoms with Gasteiger partial charge in [-0.1, -0.05) is 6.92 Å². The van der Waals surface area contributed by atoms with Crippen LogP contribution in [0, 0.1) is 5.82 Å². The fourth-order valence-corrected chi connectivity index (χ4v) is 1.88. The Hall–Kier alpha value is -1.27. The molecule has 94 valence electrons. The molecule has 0 saturated carbocycles. The highest BCUT2D eigenvalue weighted by atomic mass is 19.1. The van der Waals surface area contributed by atoms with Gasteiger partial charge in [0.25, 0.3) is 0 Å². The van der Waals surface area contributed by atoms with Crippen LogP contribution in [-0.2, 0) is 11.2 Å². The van der Waals surface area contributed by atoms with E-state index in [1.54, 1.807) is 4.90 Å². The predicted molar refractivity (Wildman–Crippen MR) is 60.4 cm³/mol. The van der Waals surface area contributed by atoms with Crippen molar-refractivity contribution in [2.45, 2.75) is 19.4 Å². The Labute approximate surface area is 99.3 Å². The minimum atomic E-state index is -0.367. The number of aromatic nitrogens is 2. The van der Waals surface area contributed by atoms with E-state index in [0.29, 0.717) is 37.6 Å². The van der Waals surface area contributed by atoms with E-state index in [0.717, 1.165) is 0 Å². The molecule has 1 aliphatic rings. The van der Waals surface area contributed by atoms with Crippen molar-refractivity contribution in [3.63, 3.8) is 0 Å². The van der Waals surface area contributed by atoms with Gasteiger partial charge in [-0.05, 0) is 6.42 Å². The Morgan fingerprint density at radius 3 is 3.12 bits per heavy atom. The Bertz CT molecular complexity index is 389. The average molecular weight is 241 g/mol. The van der Waals surface area contributed by atoms with Crippen LogP contribution >= 0.6 is 0 Å². The van der Waals surface area contributed by atoms with Crippen molar-refractivity contribution in [3.05, 3.63) is 17.8 Å². The van der Waals surface area contributed by atoms with Crippen LogP contribution in [0.25, 0.3) is 0 Å². The van der Waals surface area contributed by atoms with Crippen molar-refractivity contribution in [3.8, 4) is 0 Å². The molecule has 0 radical (unpaired) electrons. The van der Waals surface area contributed by atoms with Crippen LogP contribution in [-0.4, -0.2) is 47.5 Å². The lowest BCUT2D eigenvalue weighted by atomic mass is 10.2. The standard InChI is InChI=1S/C11H16FN3O2/c1-2-9-10(12)11(14-7-13-9)15-3-4-17-8(5-15)6-16/h7-8,16H,2-6H2,1H3. The normalized spacial score (nSPS) is 20.6. The van der Waals surface area contributed by atoms with Crippen molar-refractivity contribution in [2.75, 3.05) is 31.2 Å². The van der Waals surface area contributed by atoms with E-state index in [1.807, 2.05) is 6.92 Å². The Kier molecular flexibility index (Phi) is 3.86. The van der Waals surface area contributed by atoms with Gasteiger partial charge >= 0.3 is 0 Å². The molecule has 0 amide bonds. The van der Waals surface area contributed by atoms with Gasteiger partial charge in [-0.25, -0.2) is 14.4 Å². The number of aryl methyl sites for hydroxylation is 1. The molecule has 2 rings (SSSR count). The molecule has 1 N–H and O–H groups in total. The molecule has 1 unspecified atom stereocenters. The maximum Gasteiger partial charge on any atom is 0.187 e. The van der Waals surface area contributed by atoms with Gasteiger partial charge < -0.3 is 14.7 Å². The number of hydrogen-bond acceptors (Lipinski definition) is 5.